The summed E-state index contributed by atoms with van der Waals surface area (Å²) in [6.07, 6.45) is 14.8. The third-order valence-corrected chi connectivity index (χ3v) is 2.09. The molecule has 0 aliphatic carbocycles. The number of nitroso groups, excluding NO2 is 1. The zero-order valence-electron chi connectivity index (χ0n) is 10.5. The second-order valence-electron chi connectivity index (χ2n) is 3.60. The third kappa shape index (κ3) is 9.18. The molecule has 92 valence electrons. The fraction of sp³-hybridized carbons (Fsp3) is 0.357. The van der Waals surface area contributed by atoms with Gasteiger partial charge in [-0.25, -0.2) is 0 Å². The van der Waals surface area contributed by atoms with Crippen LogP contribution < -0.4 is 0 Å². The van der Waals surface area contributed by atoms with Crippen LogP contribution in [0.2, 0.25) is 0 Å². The van der Waals surface area contributed by atoms with E-state index in [1.807, 2.05) is 31.2 Å². The van der Waals surface area contributed by atoms with Gasteiger partial charge in [0.05, 0.1) is 6.04 Å². The SMILES string of the molecule is C=C\C=C/C(/C=C/C=N\C)=C\CCC(C)N=O. The Hall–Kier alpha value is -1.77. The topological polar surface area (TPSA) is 41.8 Å². The van der Waals surface area contributed by atoms with Gasteiger partial charge < -0.3 is 0 Å². The Morgan fingerprint density at radius 2 is 2.06 bits per heavy atom. The van der Waals surface area contributed by atoms with Crippen LogP contribution in [0.3, 0.4) is 0 Å². The van der Waals surface area contributed by atoms with Crippen LogP contribution in [0.4, 0.5) is 0 Å². The Morgan fingerprint density at radius 3 is 2.65 bits per heavy atom. The summed E-state index contributed by atoms with van der Waals surface area (Å²) in [5, 5.41) is 2.97. The van der Waals surface area contributed by atoms with Gasteiger partial charge in [-0.05, 0) is 31.4 Å². The maximum atomic E-state index is 10.2. The van der Waals surface area contributed by atoms with Gasteiger partial charge in [0.25, 0.3) is 0 Å². The van der Waals surface area contributed by atoms with Crippen LogP contribution >= 0.6 is 0 Å². The average molecular weight is 232 g/mol. The Morgan fingerprint density at radius 1 is 1.35 bits per heavy atom. The smallest absolute Gasteiger partial charge is 0.0894 e. The molecule has 0 aromatic rings. The van der Waals surface area contributed by atoms with Crippen molar-refractivity contribution >= 4 is 6.21 Å². The molecule has 17 heavy (non-hydrogen) atoms. The van der Waals surface area contributed by atoms with Crippen LogP contribution in [0.5, 0.6) is 0 Å². The fourth-order valence-corrected chi connectivity index (χ4v) is 1.15. The lowest BCUT2D eigenvalue weighted by Crippen LogP contribution is -1.94. The van der Waals surface area contributed by atoms with Crippen molar-refractivity contribution in [3.05, 3.63) is 53.5 Å². The minimum atomic E-state index is -0.128. The quantitative estimate of drug-likeness (QED) is 0.356. The van der Waals surface area contributed by atoms with Gasteiger partial charge in [-0.2, -0.15) is 4.91 Å². The van der Waals surface area contributed by atoms with Gasteiger partial charge in [0.2, 0.25) is 0 Å². The van der Waals surface area contributed by atoms with Crippen molar-refractivity contribution in [1.82, 2.24) is 0 Å². The average Bonchev–Trinajstić information content (AvgIpc) is 2.35. The van der Waals surface area contributed by atoms with E-state index in [4.69, 9.17) is 0 Å². The molecule has 0 fully saturated rings. The molecule has 0 heterocycles. The highest BCUT2D eigenvalue weighted by Crippen LogP contribution is 2.07. The van der Waals surface area contributed by atoms with Crippen LogP contribution in [-0.2, 0) is 0 Å². The molecule has 0 aliphatic rings. The summed E-state index contributed by atoms with van der Waals surface area (Å²) >= 11 is 0. The first-order chi connectivity index (χ1) is 8.24. The number of rotatable bonds is 8. The van der Waals surface area contributed by atoms with Gasteiger partial charge in [-0.15, -0.1) is 0 Å². The summed E-state index contributed by atoms with van der Waals surface area (Å²) in [5.41, 5.74) is 1.07. The predicted molar refractivity (Wildman–Crippen MR) is 75.5 cm³/mol. The summed E-state index contributed by atoms with van der Waals surface area (Å²) in [6.45, 7) is 5.45. The van der Waals surface area contributed by atoms with Gasteiger partial charge >= 0.3 is 0 Å². The van der Waals surface area contributed by atoms with Gasteiger partial charge in [0.15, 0.2) is 0 Å². The molecule has 0 rings (SSSR count). The van der Waals surface area contributed by atoms with E-state index < -0.39 is 0 Å². The van der Waals surface area contributed by atoms with Gasteiger partial charge in [-0.1, -0.05) is 42.1 Å². The van der Waals surface area contributed by atoms with Gasteiger partial charge in [0.1, 0.15) is 0 Å². The number of aliphatic imine (C=N–C) groups is 1. The largest absolute Gasteiger partial charge is 0.297 e. The zero-order valence-corrected chi connectivity index (χ0v) is 10.5. The van der Waals surface area contributed by atoms with Crippen LogP contribution in [-0.4, -0.2) is 19.3 Å². The second kappa shape index (κ2) is 10.7. The molecule has 1 atom stereocenters. The monoisotopic (exact) mass is 232 g/mol. The molecule has 0 saturated heterocycles. The van der Waals surface area contributed by atoms with E-state index in [1.165, 1.54) is 0 Å². The highest BCUT2D eigenvalue weighted by Gasteiger charge is 1.97. The van der Waals surface area contributed by atoms with E-state index in [0.717, 1.165) is 18.4 Å². The van der Waals surface area contributed by atoms with E-state index in [0.29, 0.717) is 0 Å². The molecular formula is C14H20N2O. The van der Waals surface area contributed by atoms with Crippen LogP contribution in [0.1, 0.15) is 19.8 Å². The molecule has 0 bridgehead atoms. The lowest BCUT2D eigenvalue weighted by Gasteiger charge is -1.99. The molecule has 0 N–H and O–H groups in total. The van der Waals surface area contributed by atoms with E-state index in [9.17, 15) is 4.91 Å². The molecule has 0 aromatic carbocycles. The lowest BCUT2D eigenvalue weighted by atomic mass is 10.1. The fourth-order valence-electron chi connectivity index (χ4n) is 1.15. The molecule has 0 amide bonds. The minimum Gasteiger partial charge on any atom is -0.297 e. The molecule has 0 saturated carbocycles. The normalized spacial score (nSPS) is 14.8. The van der Waals surface area contributed by atoms with Crippen molar-refractivity contribution in [1.29, 1.82) is 0 Å². The van der Waals surface area contributed by atoms with Crippen LogP contribution in [0.25, 0.3) is 0 Å². The Kier molecular flexibility index (Phi) is 9.62. The summed E-state index contributed by atoms with van der Waals surface area (Å²) in [5.74, 6) is 0. The number of allylic oxidation sites excluding steroid dienone is 7. The Balaban J connectivity index is 4.44. The maximum Gasteiger partial charge on any atom is 0.0894 e. The molecular weight excluding hydrogens is 212 g/mol. The van der Waals surface area contributed by atoms with Crippen molar-refractivity contribution in [2.75, 3.05) is 7.05 Å². The second-order valence-corrected chi connectivity index (χ2v) is 3.60. The summed E-state index contributed by atoms with van der Waals surface area (Å²) in [4.78, 5) is 14.1. The van der Waals surface area contributed by atoms with E-state index >= 15 is 0 Å². The van der Waals surface area contributed by atoms with E-state index in [2.05, 4.69) is 22.8 Å². The molecule has 0 radical (unpaired) electrons. The molecule has 0 aliphatic heterocycles. The lowest BCUT2D eigenvalue weighted by molar-refractivity contribution is 0.673. The van der Waals surface area contributed by atoms with Crippen molar-refractivity contribution in [2.24, 2.45) is 10.2 Å². The minimum absolute atomic E-state index is 0.128. The number of hydrogen-bond acceptors (Lipinski definition) is 3. The van der Waals surface area contributed by atoms with Crippen molar-refractivity contribution in [3.63, 3.8) is 0 Å². The van der Waals surface area contributed by atoms with Crippen LogP contribution in [0, 0.1) is 4.91 Å². The Labute approximate surface area is 103 Å². The van der Waals surface area contributed by atoms with Crippen molar-refractivity contribution < 1.29 is 0 Å². The summed E-state index contributed by atoms with van der Waals surface area (Å²) in [6, 6.07) is -0.128. The standard InChI is InChI=1S/C14H20N2O/c1-4-5-9-14(11-7-12-15-3)10-6-8-13(2)16-17/h4-5,7,9-13H,1,6,8H2,2-3H3/b9-5-,11-7+,14-10+,15-12-. The predicted octanol–water partition coefficient (Wildman–Crippen LogP) is 3.85. The molecule has 0 aromatic heterocycles. The first kappa shape index (κ1) is 15.2. The Bertz CT molecular complexity index is 338. The maximum absolute atomic E-state index is 10.2. The van der Waals surface area contributed by atoms with E-state index in [-0.39, 0.29) is 6.04 Å². The first-order valence-corrected chi connectivity index (χ1v) is 5.65. The number of hydrogen-bond donors (Lipinski definition) is 0. The molecule has 3 heteroatoms. The highest BCUT2D eigenvalue weighted by molar-refractivity contribution is 5.72. The third-order valence-electron chi connectivity index (χ3n) is 2.09. The first-order valence-electron chi connectivity index (χ1n) is 5.65. The van der Waals surface area contributed by atoms with Gasteiger partial charge in [0, 0.05) is 13.3 Å². The van der Waals surface area contributed by atoms with Crippen molar-refractivity contribution in [2.45, 2.75) is 25.8 Å². The summed E-state index contributed by atoms with van der Waals surface area (Å²) in [7, 11) is 1.73. The molecule has 3 nitrogen and oxygen atoms in total. The van der Waals surface area contributed by atoms with Crippen LogP contribution in [0.15, 0.2) is 58.8 Å². The molecule has 0 spiro atoms. The number of nitrogens with zero attached hydrogens (tertiary/aromatic N) is 2. The molecule has 1 unspecified atom stereocenters. The van der Waals surface area contributed by atoms with Gasteiger partial charge in [-0.3, -0.25) is 4.99 Å². The highest BCUT2D eigenvalue weighted by atomic mass is 16.3. The zero-order chi connectivity index (χ0) is 12.9. The summed E-state index contributed by atoms with van der Waals surface area (Å²) < 4.78 is 0. The van der Waals surface area contributed by atoms with Crippen molar-refractivity contribution in [3.8, 4) is 0 Å². The van der Waals surface area contributed by atoms with E-state index in [1.54, 1.807) is 19.3 Å².